The number of hydrogen-bond acceptors (Lipinski definition) is 2. The molecule has 0 heterocycles. The Bertz CT molecular complexity index is 659. The summed E-state index contributed by atoms with van der Waals surface area (Å²) in [5.41, 5.74) is 0.815. The molecule has 0 N–H and O–H groups in total. The van der Waals surface area contributed by atoms with Crippen molar-refractivity contribution in [1.82, 2.24) is 0 Å². The lowest BCUT2D eigenvalue weighted by Gasteiger charge is -2.16. The maximum absolute atomic E-state index is 13.4. The van der Waals surface area contributed by atoms with E-state index < -0.39 is 17.9 Å². The Morgan fingerprint density at radius 1 is 0.957 bits per heavy atom. The molecule has 0 fully saturated rings. The average Bonchev–Trinajstić information content (AvgIpc) is 2.52. The van der Waals surface area contributed by atoms with Gasteiger partial charge in [0.2, 0.25) is 0 Å². The molecule has 0 radical (unpaired) electrons. The van der Waals surface area contributed by atoms with Gasteiger partial charge >= 0.3 is 6.18 Å². The molecule has 0 aromatic heterocycles. The maximum Gasteiger partial charge on any atom is 0.433 e. The Hall–Kier alpha value is -2.30. The lowest BCUT2D eigenvalue weighted by atomic mass is 10.1. The summed E-state index contributed by atoms with van der Waals surface area (Å²) in [6, 6.07) is 14.6. The molecule has 0 aliphatic rings. The van der Waals surface area contributed by atoms with Crippen LogP contribution in [0.15, 0.2) is 59.6 Å². The number of halogens is 3. The van der Waals surface area contributed by atoms with Gasteiger partial charge in [-0.05, 0) is 24.6 Å². The second kappa shape index (κ2) is 6.86. The van der Waals surface area contributed by atoms with Crippen LogP contribution in [0.2, 0.25) is 0 Å². The summed E-state index contributed by atoms with van der Waals surface area (Å²) in [4.78, 5) is 5.77. The highest BCUT2D eigenvalue weighted by Gasteiger charge is 2.37. The summed E-state index contributed by atoms with van der Waals surface area (Å²) in [5.74, 6) is 0. The van der Waals surface area contributed by atoms with E-state index in [1.165, 1.54) is 12.1 Å². The van der Waals surface area contributed by atoms with E-state index in [4.69, 9.17) is 0 Å². The van der Waals surface area contributed by atoms with Crippen LogP contribution < -0.4 is 4.90 Å². The minimum Gasteiger partial charge on any atom is -0.378 e. The minimum absolute atomic E-state index is 0.0749. The Morgan fingerprint density at radius 2 is 1.52 bits per heavy atom. The lowest BCUT2D eigenvalue weighted by Crippen LogP contribution is -2.25. The summed E-state index contributed by atoms with van der Waals surface area (Å²) in [7, 11) is 3.68. The Labute approximate surface area is 134 Å². The van der Waals surface area contributed by atoms with E-state index in [1.807, 2.05) is 25.1 Å². The van der Waals surface area contributed by atoms with Crippen LogP contribution in [0.3, 0.4) is 0 Å². The van der Waals surface area contributed by atoms with E-state index in [1.54, 1.807) is 43.3 Å². The molecular weight excluding hydrogens is 301 g/mol. The molecule has 0 spiro atoms. The van der Waals surface area contributed by atoms with E-state index in [9.17, 15) is 13.2 Å². The van der Waals surface area contributed by atoms with Crippen molar-refractivity contribution in [1.29, 1.82) is 0 Å². The van der Waals surface area contributed by atoms with Crippen molar-refractivity contribution in [3.05, 3.63) is 65.7 Å². The highest BCUT2D eigenvalue weighted by Crippen LogP contribution is 2.27. The first-order valence-corrected chi connectivity index (χ1v) is 7.26. The molecule has 0 saturated carbocycles. The van der Waals surface area contributed by atoms with E-state index in [0.717, 1.165) is 11.3 Å². The molecule has 0 aliphatic heterocycles. The van der Waals surface area contributed by atoms with Crippen LogP contribution in [0.25, 0.3) is 0 Å². The number of rotatable bonds is 4. The van der Waals surface area contributed by atoms with Gasteiger partial charge in [0, 0.05) is 25.3 Å². The smallest absolute Gasteiger partial charge is 0.378 e. The summed E-state index contributed by atoms with van der Waals surface area (Å²) >= 11 is 0. The molecule has 122 valence electrons. The van der Waals surface area contributed by atoms with Gasteiger partial charge in [0.25, 0.3) is 0 Å². The molecule has 2 rings (SSSR count). The highest BCUT2D eigenvalue weighted by atomic mass is 19.4. The van der Waals surface area contributed by atoms with Gasteiger partial charge in [-0.2, -0.15) is 13.2 Å². The van der Waals surface area contributed by atoms with Gasteiger partial charge in [0.1, 0.15) is 5.71 Å². The predicted molar refractivity (Wildman–Crippen MR) is 88.2 cm³/mol. The summed E-state index contributed by atoms with van der Waals surface area (Å²) < 4.78 is 40.2. The normalized spacial score (nSPS) is 13.7. The second-order valence-corrected chi connectivity index (χ2v) is 5.50. The molecule has 1 atom stereocenters. The van der Waals surface area contributed by atoms with Gasteiger partial charge in [0.15, 0.2) is 0 Å². The molecule has 2 aromatic rings. The van der Waals surface area contributed by atoms with Gasteiger partial charge in [-0.3, -0.25) is 4.99 Å². The molecule has 2 nitrogen and oxygen atoms in total. The molecular formula is C18H19F3N2. The van der Waals surface area contributed by atoms with Crippen molar-refractivity contribution in [2.24, 2.45) is 4.99 Å². The van der Waals surface area contributed by atoms with Crippen LogP contribution in [0.4, 0.5) is 18.9 Å². The average molecular weight is 320 g/mol. The van der Waals surface area contributed by atoms with Gasteiger partial charge in [0.05, 0.1) is 6.04 Å². The first-order valence-electron chi connectivity index (χ1n) is 7.26. The number of nitrogens with zero attached hydrogens (tertiary/aromatic N) is 2. The van der Waals surface area contributed by atoms with E-state index in [-0.39, 0.29) is 5.56 Å². The minimum atomic E-state index is -4.50. The topological polar surface area (TPSA) is 15.6 Å². The van der Waals surface area contributed by atoms with E-state index in [0.29, 0.717) is 0 Å². The molecule has 0 bridgehead atoms. The van der Waals surface area contributed by atoms with Crippen molar-refractivity contribution in [3.63, 3.8) is 0 Å². The molecule has 0 aliphatic carbocycles. The van der Waals surface area contributed by atoms with Crippen LogP contribution in [0.1, 0.15) is 24.1 Å². The fourth-order valence-electron chi connectivity index (χ4n) is 2.23. The SMILES string of the molecule is C[C@@H](N=C(c1ccc(N(C)C)cc1)C(F)(F)F)c1ccccc1. The zero-order chi connectivity index (χ0) is 17.0. The largest absolute Gasteiger partial charge is 0.433 e. The van der Waals surface area contributed by atoms with Crippen LogP contribution >= 0.6 is 0 Å². The van der Waals surface area contributed by atoms with Gasteiger partial charge in [-0.15, -0.1) is 0 Å². The number of anilines is 1. The van der Waals surface area contributed by atoms with Crippen molar-refractivity contribution < 1.29 is 13.2 Å². The molecule has 23 heavy (non-hydrogen) atoms. The Kier molecular flexibility index (Phi) is 5.08. The van der Waals surface area contributed by atoms with Crippen LogP contribution in [0.5, 0.6) is 0 Å². The fraction of sp³-hybridized carbons (Fsp3) is 0.278. The van der Waals surface area contributed by atoms with Gasteiger partial charge < -0.3 is 4.90 Å². The maximum atomic E-state index is 13.4. The monoisotopic (exact) mass is 320 g/mol. The summed E-state index contributed by atoms with van der Waals surface area (Å²) in [6.07, 6.45) is -4.50. The molecule has 5 heteroatoms. The van der Waals surface area contributed by atoms with Crippen molar-refractivity contribution in [3.8, 4) is 0 Å². The number of aliphatic imine (C=N–C) groups is 1. The molecule has 0 saturated heterocycles. The standard InChI is InChI=1S/C18H19F3N2/c1-13(14-7-5-4-6-8-14)22-17(18(19,20)21)15-9-11-16(12-10-15)23(2)3/h4-13H,1-3H3/t13-/m1/s1. The van der Waals surface area contributed by atoms with Crippen molar-refractivity contribution >= 4 is 11.4 Å². The zero-order valence-electron chi connectivity index (χ0n) is 13.3. The Balaban J connectivity index is 2.39. The van der Waals surface area contributed by atoms with E-state index in [2.05, 4.69) is 4.99 Å². The van der Waals surface area contributed by atoms with E-state index >= 15 is 0 Å². The van der Waals surface area contributed by atoms with Gasteiger partial charge in [-0.25, -0.2) is 0 Å². The first kappa shape index (κ1) is 17.1. The Morgan fingerprint density at radius 3 is 2.00 bits per heavy atom. The predicted octanol–water partition coefficient (Wildman–Crippen LogP) is 4.87. The first-order chi connectivity index (χ1) is 10.8. The number of alkyl halides is 3. The quantitative estimate of drug-likeness (QED) is 0.734. The molecule has 2 aromatic carbocycles. The van der Waals surface area contributed by atoms with Crippen LogP contribution in [0, 0.1) is 0 Å². The summed E-state index contributed by atoms with van der Waals surface area (Å²) in [5, 5.41) is 0. The van der Waals surface area contributed by atoms with Crippen LogP contribution in [-0.4, -0.2) is 26.0 Å². The third kappa shape index (κ3) is 4.34. The lowest BCUT2D eigenvalue weighted by molar-refractivity contribution is -0.0584. The third-order valence-electron chi connectivity index (χ3n) is 3.53. The van der Waals surface area contributed by atoms with Crippen molar-refractivity contribution in [2.45, 2.75) is 19.1 Å². The molecule has 0 unspecified atom stereocenters. The third-order valence-corrected chi connectivity index (χ3v) is 3.53. The number of hydrogen-bond donors (Lipinski definition) is 0. The van der Waals surface area contributed by atoms with Crippen molar-refractivity contribution in [2.75, 3.05) is 19.0 Å². The highest BCUT2D eigenvalue weighted by molar-refractivity contribution is 6.05. The molecule has 0 amide bonds. The zero-order valence-corrected chi connectivity index (χ0v) is 13.3. The second-order valence-electron chi connectivity index (χ2n) is 5.50. The fourth-order valence-corrected chi connectivity index (χ4v) is 2.23. The van der Waals surface area contributed by atoms with Crippen LogP contribution in [-0.2, 0) is 0 Å². The van der Waals surface area contributed by atoms with Gasteiger partial charge in [-0.1, -0.05) is 42.5 Å². The number of benzene rings is 2. The summed E-state index contributed by atoms with van der Waals surface area (Å²) in [6.45, 7) is 1.66.